The van der Waals surface area contributed by atoms with Crippen molar-refractivity contribution in [2.45, 2.75) is 13.8 Å². The molecule has 4 rings (SSSR count). The van der Waals surface area contributed by atoms with E-state index in [9.17, 15) is 14.9 Å². The highest BCUT2D eigenvalue weighted by Crippen LogP contribution is 2.22. The van der Waals surface area contributed by atoms with Gasteiger partial charge < -0.3 is 19.5 Å². The van der Waals surface area contributed by atoms with E-state index in [0.29, 0.717) is 32.1 Å². The lowest BCUT2D eigenvalue weighted by molar-refractivity contribution is -0.402. The van der Waals surface area contributed by atoms with Crippen LogP contribution in [0.1, 0.15) is 21.8 Å². The number of anilines is 3. The second-order valence-corrected chi connectivity index (χ2v) is 7.36. The average Bonchev–Trinajstić information content (AvgIpc) is 3.25. The molecule has 1 fully saturated rings. The molecular formula is C21H22N6O4. The molecule has 1 aromatic carbocycles. The predicted octanol–water partition coefficient (Wildman–Crippen LogP) is 3.30. The van der Waals surface area contributed by atoms with Crippen LogP contribution in [0, 0.1) is 24.0 Å². The molecule has 1 saturated heterocycles. The van der Waals surface area contributed by atoms with E-state index in [4.69, 9.17) is 4.42 Å². The molecule has 0 bridgehead atoms. The number of carbonyl (C=O) groups excluding carboxylic acids is 1. The zero-order chi connectivity index (χ0) is 22.0. The first kappa shape index (κ1) is 20.3. The van der Waals surface area contributed by atoms with Crippen LogP contribution in [0.4, 0.5) is 23.3 Å². The number of rotatable bonds is 5. The minimum absolute atomic E-state index is 0.0254. The maximum absolute atomic E-state index is 12.6. The molecule has 0 spiro atoms. The van der Waals surface area contributed by atoms with Gasteiger partial charge in [0.15, 0.2) is 5.76 Å². The van der Waals surface area contributed by atoms with Crippen molar-refractivity contribution in [3.63, 3.8) is 0 Å². The topological polar surface area (TPSA) is 118 Å². The largest absolute Gasteiger partial charge is 0.433 e. The van der Waals surface area contributed by atoms with E-state index >= 15 is 0 Å². The third-order valence-electron chi connectivity index (χ3n) is 5.02. The molecule has 31 heavy (non-hydrogen) atoms. The van der Waals surface area contributed by atoms with E-state index in [-0.39, 0.29) is 11.7 Å². The van der Waals surface area contributed by atoms with Gasteiger partial charge in [-0.2, -0.15) is 4.98 Å². The van der Waals surface area contributed by atoms with Gasteiger partial charge in [0.25, 0.3) is 5.91 Å². The summed E-state index contributed by atoms with van der Waals surface area (Å²) in [5.41, 5.74) is 2.92. The maximum atomic E-state index is 12.6. The fraction of sp³-hybridized carbons (Fsp3) is 0.286. The normalized spacial score (nSPS) is 13.9. The Kier molecular flexibility index (Phi) is 5.52. The Labute approximate surface area is 178 Å². The summed E-state index contributed by atoms with van der Waals surface area (Å²) >= 11 is 0. The van der Waals surface area contributed by atoms with Crippen LogP contribution in [-0.2, 0) is 0 Å². The van der Waals surface area contributed by atoms with E-state index in [1.54, 1.807) is 4.90 Å². The number of benzene rings is 1. The molecule has 0 aliphatic carbocycles. The van der Waals surface area contributed by atoms with E-state index in [2.05, 4.69) is 20.2 Å². The van der Waals surface area contributed by atoms with Gasteiger partial charge in [-0.15, -0.1) is 0 Å². The SMILES string of the molecule is Cc1ccc(Nc2nc(C)cc(N3CCN(C(=O)c4ccc([N+](=O)[O-])o4)CC3)n2)cc1. The number of piperazine rings is 1. The van der Waals surface area contributed by atoms with Crippen molar-refractivity contribution >= 4 is 29.2 Å². The molecule has 0 saturated carbocycles. The number of nitro groups is 1. The second-order valence-electron chi connectivity index (χ2n) is 7.36. The van der Waals surface area contributed by atoms with Crippen LogP contribution in [-0.4, -0.2) is 51.9 Å². The highest BCUT2D eigenvalue weighted by molar-refractivity contribution is 5.92. The van der Waals surface area contributed by atoms with Crippen LogP contribution in [0.25, 0.3) is 0 Å². The number of nitrogens with zero attached hydrogens (tertiary/aromatic N) is 5. The quantitative estimate of drug-likeness (QED) is 0.492. The molecule has 1 aliphatic rings. The highest BCUT2D eigenvalue weighted by atomic mass is 16.6. The molecule has 2 aromatic heterocycles. The summed E-state index contributed by atoms with van der Waals surface area (Å²) in [6, 6.07) is 12.4. The minimum Gasteiger partial charge on any atom is -0.395 e. The van der Waals surface area contributed by atoms with Crippen molar-refractivity contribution in [1.29, 1.82) is 0 Å². The molecule has 1 amide bonds. The summed E-state index contributed by atoms with van der Waals surface area (Å²) in [7, 11) is 0. The van der Waals surface area contributed by atoms with E-state index in [0.717, 1.165) is 17.2 Å². The summed E-state index contributed by atoms with van der Waals surface area (Å²) in [4.78, 5) is 35.5. The highest BCUT2D eigenvalue weighted by Gasteiger charge is 2.26. The number of aryl methyl sites for hydroxylation is 2. The van der Waals surface area contributed by atoms with Crippen LogP contribution < -0.4 is 10.2 Å². The third-order valence-corrected chi connectivity index (χ3v) is 5.02. The Hall–Kier alpha value is -3.95. The van der Waals surface area contributed by atoms with E-state index in [1.165, 1.54) is 17.7 Å². The number of hydrogen-bond acceptors (Lipinski definition) is 8. The smallest absolute Gasteiger partial charge is 0.395 e. The summed E-state index contributed by atoms with van der Waals surface area (Å²) in [6.45, 7) is 6.01. The molecule has 0 atom stereocenters. The fourth-order valence-electron chi connectivity index (χ4n) is 3.37. The summed E-state index contributed by atoms with van der Waals surface area (Å²) in [5.74, 6) is 0.478. The van der Waals surface area contributed by atoms with Gasteiger partial charge in [0, 0.05) is 43.6 Å². The zero-order valence-electron chi connectivity index (χ0n) is 17.2. The number of aromatic nitrogens is 2. The predicted molar refractivity (Wildman–Crippen MR) is 115 cm³/mol. The summed E-state index contributed by atoms with van der Waals surface area (Å²) < 4.78 is 5.03. The van der Waals surface area contributed by atoms with Crippen LogP contribution in [0.3, 0.4) is 0 Å². The molecule has 10 heteroatoms. The summed E-state index contributed by atoms with van der Waals surface area (Å²) in [5, 5.41) is 14.0. The molecule has 3 heterocycles. The van der Waals surface area contributed by atoms with Gasteiger partial charge >= 0.3 is 5.88 Å². The third kappa shape index (κ3) is 4.63. The fourth-order valence-corrected chi connectivity index (χ4v) is 3.37. The van der Waals surface area contributed by atoms with Gasteiger partial charge in [-0.05, 0) is 32.0 Å². The molecule has 3 aromatic rings. The Morgan fingerprint density at radius 3 is 2.42 bits per heavy atom. The van der Waals surface area contributed by atoms with Crippen molar-refractivity contribution in [3.8, 4) is 0 Å². The lowest BCUT2D eigenvalue weighted by Gasteiger charge is -2.35. The second kappa shape index (κ2) is 8.42. The van der Waals surface area contributed by atoms with Crippen LogP contribution in [0.15, 0.2) is 46.9 Å². The van der Waals surface area contributed by atoms with Crippen molar-refractivity contribution in [2.75, 3.05) is 36.4 Å². The first-order valence-electron chi connectivity index (χ1n) is 9.87. The van der Waals surface area contributed by atoms with Gasteiger partial charge in [-0.1, -0.05) is 17.7 Å². The average molecular weight is 422 g/mol. The van der Waals surface area contributed by atoms with Crippen molar-refractivity contribution in [2.24, 2.45) is 0 Å². The molecule has 10 nitrogen and oxygen atoms in total. The zero-order valence-corrected chi connectivity index (χ0v) is 17.2. The first-order valence-corrected chi connectivity index (χ1v) is 9.87. The number of furan rings is 1. The molecule has 1 N–H and O–H groups in total. The lowest BCUT2D eigenvalue weighted by Crippen LogP contribution is -2.49. The van der Waals surface area contributed by atoms with Crippen LogP contribution in [0.2, 0.25) is 0 Å². The van der Waals surface area contributed by atoms with Gasteiger partial charge in [-0.3, -0.25) is 14.9 Å². The molecular weight excluding hydrogens is 400 g/mol. The Balaban J connectivity index is 1.42. The summed E-state index contributed by atoms with van der Waals surface area (Å²) in [6.07, 6.45) is 0. The Bertz CT molecular complexity index is 1100. The van der Waals surface area contributed by atoms with Crippen molar-refractivity contribution in [1.82, 2.24) is 14.9 Å². The Morgan fingerprint density at radius 2 is 1.77 bits per heavy atom. The van der Waals surface area contributed by atoms with Crippen LogP contribution >= 0.6 is 0 Å². The van der Waals surface area contributed by atoms with E-state index in [1.807, 2.05) is 44.2 Å². The Morgan fingerprint density at radius 1 is 1.06 bits per heavy atom. The molecule has 160 valence electrons. The lowest BCUT2D eigenvalue weighted by atomic mass is 10.2. The standard InChI is InChI=1S/C21H22N6O4/c1-14-3-5-16(6-4-14)23-21-22-15(2)13-18(24-21)25-9-11-26(12-10-25)20(28)17-7-8-19(31-17)27(29)30/h3-8,13H,9-12H2,1-2H3,(H,22,23,24). The van der Waals surface area contributed by atoms with Crippen molar-refractivity contribution in [3.05, 3.63) is 69.6 Å². The van der Waals surface area contributed by atoms with Gasteiger partial charge in [0.05, 0.1) is 6.07 Å². The monoisotopic (exact) mass is 422 g/mol. The van der Waals surface area contributed by atoms with Crippen molar-refractivity contribution < 1.29 is 14.1 Å². The molecule has 0 unspecified atom stereocenters. The number of carbonyl (C=O) groups is 1. The molecule has 1 aliphatic heterocycles. The van der Waals surface area contributed by atoms with Crippen LogP contribution in [0.5, 0.6) is 0 Å². The first-order chi connectivity index (χ1) is 14.9. The number of hydrogen-bond donors (Lipinski definition) is 1. The van der Waals surface area contributed by atoms with Gasteiger partial charge in [0.2, 0.25) is 5.95 Å². The van der Waals surface area contributed by atoms with Gasteiger partial charge in [0.1, 0.15) is 10.7 Å². The number of amides is 1. The van der Waals surface area contributed by atoms with Gasteiger partial charge in [-0.25, -0.2) is 4.98 Å². The maximum Gasteiger partial charge on any atom is 0.433 e. The number of nitrogens with one attached hydrogen (secondary N) is 1. The van der Waals surface area contributed by atoms with E-state index < -0.39 is 10.8 Å². The minimum atomic E-state index is -0.658. The molecule has 0 radical (unpaired) electrons.